The summed E-state index contributed by atoms with van der Waals surface area (Å²) in [5.74, 6) is 1.64. The molecule has 1 aromatic rings. The smallest absolute Gasteiger partial charge is 0.147 e. The van der Waals surface area contributed by atoms with Gasteiger partial charge in [0, 0.05) is 13.1 Å². The lowest BCUT2D eigenvalue weighted by atomic mass is 9.70. The largest absolute Gasteiger partial charge is 0.355 e. The first-order chi connectivity index (χ1) is 8.57. The summed E-state index contributed by atoms with van der Waals surface area (Å²) in [6.45, 7) is 9.39. The summed E-state index contributed by atoms with van der Waals surface area (Å²) in [6.07, 6.45) is 6.01. The van der Waals surface area contributed by atoms with Gasteiger partial charge >= 0.3 is 0 Å². The fourth-order valence-electron chi connectivity index (χ4n) is 2.75. The second-order valence-electron chi connectivity index (χ2n) is 5.72. The van der Waals surface area contributed by atoms with Gasteiger partial charge in [-0.1, -0.05) is 13.8 Å². The Balaban J connectivity index is 2.04. The van der Waals surface area contributed by atoms with Crippen molar-refractivity contribution in [3.63, 3.8) is 0 Å². The predicted octanol–water partition coefficient (Wildman–Crippen LogP) is 1.99. The predicted molar refractivity (Wildman–Crippen MR) is 74.5 cm³/mol. The van der Waals surface area contributed by atoms with Crippen molar-refractivity contribution in [3.05, 3.63) is 18.1 Å². The third-order valence-corrected chi connectivity index (χ3v) is 4.48. The fraction of sp³-hybridized carbons (Fsp3) is 0.714. The topological polar surface area (TPSA) is 55.0 Å². The van der Waals surface area contributed by atoms with Crippen LogP contribution < -0.4 is 10.6 Å². The van der Waals surface area contributed by atoms with E-state index in [2.05, 4.69) is 28.7 Å². The van der Waals surface area contributed by atoms with Crippen molar-refractivity contribution < 1.29 is 0 Å². The van der Waals surface area contributed by atoms with Crippen LogP contribution in [0.25, 0.3) is 0 Å². The highest BCUT2D eigenvalue weighted by Crippen LogP contribution is 2.38. The van der Waals surface area contributed by atoms with Crippen molar-refractivity contribution >= 4 is 5.82 Å². The molecule has 1 aliphatic rings. The molecule has 0 spiro atoms. The molecule has 0 atom stereocenters. The van der Waals surface area contributed by atoms with E-state index in [0.717, 1.165) is 44.0 Å². The van der Waals surface area contributed by atoms with Gasteiger partial charge in [-0.15, -0.1) is 0 Å². The summed E-state index contributed by atoms with van der Waals surface area (Å²) >= 11 is 0. The van der Waals surface area contributed by atoms with E-state index < -0.39 is 0 Å². The Morgan fingerprint density at radius 2 is 1.94 bits per heavy atom. The number of hydrogen-bond donors (Lipinski definition) is 1. The molecule has 2 heterocycles. The van der Waals surface area contributed by atoms with Crippen molar-refractivity contribution in [2.24, 2.45) is 17.1 Å². The van der Waals surface area contributed by atoms with Crippen LogP contribution in [-0.4, -0.2) is 29.6 Å². The van der Waals surface area contributed by atoms with E-state index in [1.807, 2.05) is 19.3 Å². The second kappa shape index (κ2) is 5.22. The molecule has 0 radical (unpaired) electrons. The maximum Gasteiger partial charge on any atom is 0.147 e. The number of hydrogen-bond acceptors (Lipinski definition) is 4. The first kappa shape index (κ1) is 13.3. The fourth-order valence-corrected chi connectivity index (χ4v) is 2.75. The lowest BCUT2D eigenvalue weighted by Gasteiger charge is -2.44. The van der Waals surface area contributed by atoms with Gasteiger partial charge in [0.2, 0.25) is 0 Å². The van der Waals surface area contributed by atoms with Crippen molar-refractivity contribution in [2.75, 3.05) is 24.5 Å². The van der Waals surface area contributed by atoms with Crippen molar-refractivity contribution in [1.82, 2.24) is 9.97 Å². The summed E-state index contributed by atoms with van der Waals surface area (Å²) in [5.41, 5.74) is 7.28. The minimum atomic E-state index is 0.314. The Labute approximate surface area is 110 Å². The Morgan fingerprint density at radius 3 is 2.39 bits per heavy atom. The Bertz CT molecular complexity index is 377. The van der Waals surface area contributed by atoms with Crippen molar-refractivity contribution in [3.8, 4) is 0 Å². The summed E-state index contributed by atoms with van der Waals surface area (Å²) in [7, 11) is 0. The van der Waals surface area contributed by atoms with Crippen molar-refractivity contribution in [1.29, 1.82) is 0 Å². The summed E-state index contributed by atoms with van der Waals surface area (Å²) in [5, 5.41) is 0. The summed E-state index contributed by atoms with van der Waals surface area (Å²) < 4.78 is 0. The molecule has 18 heavy (non-hydrogen) atoms. The number of nitrogens with zero attached hydrogens (tertiary/aromatic N) is 3. The lowest BCUT2D eigenvalue weighted by Crippen LogP contribution is -2.47. The van der Waals surface area contributed by atoms with Gasteiger partial charge in [0.1, 0.15) is 5.82 Å². The van der Waals surface area contributed by atoms with Crippen LogP contribution in [-0.2, 0) is 0 Å². The van der Waals surface area contributed by atoms with E-state index in [-0.39, 0.29) is 0 Å². The highest BCUT2D eigenvalue weighted by atomic mass is 15.2. The number of rotatable bonds is 3. The molecule has 1 aromatic heterocycles. The van der Waals surface area contributed by atoms with Gasteiger partial charge in [0.05, 0.1) is 18.1 Å². The average Bonchev–Trinajstić information content (AvgIpc) is 2.39. The van der Waals surface area contributed by atoms with Gasteiger partial charge in [-0.3, -0.25) is 4.98 Å². The van der Waals surface area contributed by atoms with Crippen LogP contribution in [0.15, 0.2) is 12.4 Å². The number of anilines is 1. The molecule has 0 amide bonds. The molecule has 4 heteroatoms. The molecule has 100 valence electrons. The third kappa shape index (κ3) is 2.48. The molecule has 1 aliphatic heterocycles. The Kier molecular flexibility index (Phi) is 3.85. The van der Waals surface area contributed by atoms with E-state index in [0.29, 0.717) is 11.3 Å². The zero-order valence-corrected chi connectivity index (χ0v) is 11.7. The van der Waals surface area contributed by atoms with Gasteiger partial charge in [-0.2, -0.15) is 0 Å². The van der Waals surface area contributed by atoms with E-state index >= 15 is 0 Å². The summed E-state index contributed by atoms with van der Waals surface area (Å²) in [4.78, 5) is 11.1. The summed E-state index contributed by atoms with van der Waals surface area (Å²) in [6, 6.07) is 0. The first-order valence-corrected chi connectivity index (χ1v) is 6.81. The molecule has 1 fully saturated rings. The minimum Gasteiger partial charge on any atom is -0.355 e. The van der Waals surface area contributed by atoms with E-state index in [4.69, 9.17) is 5.73 Å². The molecular weight excluding hydrogens is 224 g/mol. The second-order valence-corrected chi connectivity index (χ2v) is 5.72. The maximum atomic E-state index is 6.00. The number of nitrogens with two attached hydrogens (primary N) is 1. The molecule has 0 aromatic carbocycles. The van der Waals surface area contributed by atoms with Gasteiger partial charge in [0.25, 0.3) is 0 Å². The van der Waals surface area contributed by atoms with E-state index in [1.54, 1.807) is 0 Å². The molecule has 0 saturated carbocycles. The van der Waals surface area contributed by atoms with E-state index in [1.165, 1.54) is 0 Å². The van der Waals surface area contributed by atoms with Crippen LogP contribution in [0.3, 0.4) is 0 Å². The van der Waals surface area contributed by atoms with Crippen LogP contribution in [0.4, 0.5) is 5.82 Å². The van der Waals surface area contributed by atoms with Crippen LogP contribution in [0, 0.1) is 18.3 Å². The number of piperidine rings is 1. The van der Waals surface area contributed by atoms with Gasteiger partial charge < -0.3 is 10.6 Å². The third-order valence-electron chi connectivity index (χ3n) is 4.48. The zero-order valence-electron chi connectivity index (χ0n) is 11.7. The Hall–Kier alpha value is -1.16. The van der Waals surface area contributed by atoms with Crippen molar-refractivity contribution in [2.45, 2.75) is 33.6 Å². The number of aromatic nitrogens is 2. The van der Waals surface area contributed by atoms with Gasteiger partial charge in [-0.25, -0.2) is 4.98 Å². The molecule has 2 N–H and O–H groups in total. The van der Waals surface area contributed by atoms with E-state index in [9.17, 15) is 0 Å². The highest BCUT2D eigenvalue weighted by Gasteiger charge is 2.36. The van der Waals surface area contributed by atoms with Crippen LogP contribution in [0.2, 0.25) is 0 Å². The minimum absolute atomic E-state index is 0.314. The lowest BCUT2D eigenvalue weighted by molar-refractivity contribution is 0.149. The normalized spacial score (nSPS) is 19.3. The quantitative estimate of drug-likeness (QED) is 0.888. The molecule has 0 bridgehead atoms. The molecule has 0 unspecified atom stereocenters. The van der Waals surface area contributed by atoms with Crippen LogP contribution >= 0.6 is 0 Å². The maximum absolute atomic E-state index is 6.00. The van der Waals surface area contributed by atoms with Crippen LogP contribution in [0.1, 0.15) is 32.4 Å². The monoisotopic (exact) mass is 248 g/mol. The van der Waals surface area contributed by atoms with Gasteiger partial charge in [0.15, 0.2) is 0 Å². The van der Waals surface area contributed by atoms with Crippen LogP contribution in [0.5, 0.6) is 0 Å². The Morgan fingerprint density at radius 1 is 1.28 bits per heavy atom. The average molecular weight is 248 g/mol. The first-order valence-electron chi connectivity index (χ1n) is 6.81. The molecule has 4 nitrogen and oxygen atoms in total. The zero-order chi connectivity index (χ0) is 13.2. The SMILES string of the molecule is Cc1cnc(N2CCC(CN)(C(C)C)CC2)cn1. The molecule has 0 aliphatic carbocycles. The molecule has 2 rings (SSSR count). The highest BCUT2D eigenvalue weighted by molar-refractivity contribution is 5.36. The molecular formula is C14H24N4. The standard InChI is InChI=1S/C14H24N4/c1-11(2)14(10-15)4-6-18(7-5-14)13-9-16-12(3)8-17-13/h8-9,11H,4-7,10,15H2,1-3H3. The number of aryl methyl sites for hydroxylation is 1. The molecule has 1 saturated heterocycles. The van der Waals surface area contributed by atoms with Gasteiger partial charge in [-0.05, 0) is 37.6 Å².